The van der Waals surface area contributed by atoms with E-state index in [0.29, 0.717) is 5.56 Å². The standard InChI is InChI=1S/C17H15F4NO5S/c1-22(28(24,25)15-8-4-13(18)5-9-15)10-16(23)26-11-12-2-6-14(7-3-12)27-17(19,20)21/h2-9H,10-11H2,1H3. The lowest BCUT2D eigenvalue weighted by atomic mass is 10.2. The average molecular weight is 421 g/mol. The van der Waals surface area contributed by atoms with Crippen LogP contribution in [0.2, 0.25) is 0 Å². The van der Waals surface area contributed by atoms with Gasteiger partial charge in [-0.3, -0.25) is 4.79 Å². The van der Waals surface area contributed by atoms with E-state index in [2.05, 4.69) is 4.74 Å². The molecule has 0 fully saturated rings. The first kappa shape index (κ1) is 21.6. The molecule has 2 aromatic carbocycles. The topological polar surface area (TPSA) is 72.9 Å². The monoisotopic (exact) mass is 421 g/mol. The van der Waals surface area contributed by atoms with Crippen LogP contribution in [0, 0.1) is 5.82 Å². The molecular formula is C17H15F4NO5S. The third-order valence-corrected chi connectivity index (χ3v) is 5.25. The molecule has 0 atom stereocenters. The van der Waals surface area contributed by atoms with Gasteiger partial charge >= 0.3 is 12.3 Å². The van der Waals surface area contributed by atoms with Crippen LogP contribution in [0.15, 0.2) is 53.4 Å². The number of hydrogen-bond acceptors (Lipinski definition) is 5. The average Bonchev–Trinajstić information content (AvgIpc) is 2.60. The highest BCUT2D eigenvalue weighted by molar-refractivity contribution is 7.89. The molecule has 6 nitrogen and oxygen atoms in total. The lowest BCUT2D eigenvalue weighted by molar-refractivity contribution is -0.274. The zero-order valence-corrected chi connectivity index (χ0v) is 15.3. The summed E-state index contributed by atoms with van der Waals surface area (Å²) in [6.07, 6.45) is -4.81. The molecule has 11 heteroatoms. The predicted octanol–water partition coefficient (Wildman–Crippen LogP) is 3.09. The van der Waals surface area contributed by atoms with E-state index in [-0.39, 0.29) is 11.5 Å². The van der Waals surface area contributed by atoms with E-state index < -0.39 is 40.5 Å². The summed E-state index contributed by atoms with van der Waals surface area (Å²) in [4.78, 5) is 11.7. The van der Waals surface area contributed by atoms with Gasteiger partial charge in [0, 0.05) is 7.05 Å². The predicted molar refractivity (Wildman–Crippen MR) is 89.1 cm³/mol. The molecule has 2 rings (SSSR count). The molecule has 0 saturated heterocycles. The molecule has 0 radical (unpaired) electrons. The molecule has 0 bridgehead atoms. The maximum atomic E-state index is 12.9. The van der Waals surface area contributed by atoms with E-state index in [9.17, 15) is 30.8 Å². The van der Waals surface area contributed by atoms with E-state index in [1.54, 1.807) is 0 Å². The summed E-state index contributed by atoms with van der Waals surface area (Å²) in [7, 11) is -2.86. The van der Waals surface area contributed by atoms with E-state index in [1.807, 2.05) is 0 Å². The molecule has 0 aliphatic heterocycles. The Morgan fingerprint density at radius 2 is 1.61 bits per heavy atom. The van der Waals surface area contributed by atoms with Crippen molar-refractivity contribution in [1.29, 1.82) is 0 Å². The third kappa shape index (κ3) is 6.20. The van der Waals surface area contributed by atoms with Crippen LogP contribution in [0.4, 0.5) is 17.6 Å². The van der Waals surface area contributed by atoms with Gasteiger partial charge in [-0.2, -0.15) is 4.31 Å². The molecule has 0 unspecified atom stereocenters. The number of esters is 1. The summed E-state index contributed by atoms with van der Waals surface area (Å²) in [5, 5.41) is 0. The Bertz CT molecular complexity index is 912. The number of hydrogen-bond donors (Lipinski definition) is 0. The fourth-order valence-electron chi connectivity index (χ4n) is 2.05. The molecule has 0 aliphatic carbocycles. The number of halogens is 4. The van der Waals surface area contributed by atoms with Crippen LogP contribution in [0.1, 0.15) is 5.56 Å². The number of nitrogens with zero attached hydrogens (tertiary/aromatic N) is 1. The van der Waals surface area contributed by atoms with Crippen molar-refractivity contribution in [2.24, 2.45) is 0 Å². The Balaban J connectivity index is 1.90. The lowest BCUT2D eigenvalue weighted by Crippen LogP contribution is -2.33. The molecule has 28 heavy (non-hydrogen) atoms. The highest BCUT2D eigenvalue weighted by Gasteiger charge is 2.31. The normalized spacial score (nSPS) is 12.1. The molecule has 0 heterocycles. The maximum absolute atomic E-state index is 12.9. The van der Waals surface area contributed by atoms with Crippen LogP contribution >= 0.6 is 0 Å². The van der Waals surface area contributed by atoms with E-state index in [1.165, 1.54) is 12.1 Å². The third-order valence-electron chi connectivity index (χ3n) is 3.43. The zero-order chi connectivity index (χ0) is 20.9. The van der Waals surface area contributed by atoms with Gasteiger partial charge in [0.05, 0.1) is 4.90 Å². The van der Waals surface area contributed by atoms with Gasteiger partial charge in [-0.05, 0) is 42.0 Å². The number of benzene rings is 2. The van der Waals surface area contributed by atoms with Gasteiger partial charge < -0.3 is 9.47 Å². The van der Waals surface area contributed by atoms with Crippen LogP contribution in [-0.4, -0.2) is 38.6 Å². The van der Waals surface area contributed by atoms with Crippen molar-refractivity contribution in [2.75, 3.05) is 13.6 Å². The second-order valence-electron chi connectivity index (χ2n) is 5.57. The van der Waals surface area contributed by atoms with Gasteiger partial charge in [0.15, 0.2) is 0 Å². The number of carbonyl (C=O) groups is 1. The van der Waals surface area contributed by atoms with Gasteiger partial charge in [0.25, 0.3) is 0 Å². The first-order valence-corrected chi connectivity index (χ1v) is 9.13. The molecule has 0 aliphatic rings. The number of rotatable bonds is 7. The largest absolute Gasteiger partial charge is 0.573 e. The highest BCUT2D eigenvalue weighted by atomic mass is 32.2. The number of ether oxygens (including phenoxy) is 2. The molecule has 0 N–H and O–H groups in total. The Kier molecular flexibility index (Phi) is 6.62. The zero-order valence-electron chi connectivity index (χ0n) is 14.4. The van der Waals surface area contributed by atoms with E-state index >= 15 is 0 Å². The van der Waals surface area contributed by atoms with Crippen LogP contribution in [0.25, 0.3) is 0 Å². The Morgan fingerprint density at radius 3 is 2.14 bits per heavy atom. The van der Waals surface area contributed by atoms with Crippen molar-refractivity contribution in [2.45, 2.75) is 17.9 Å². The van der Waals surface area contributed by atoms with Gasteiger partial charge in [-0.25, -0.2) is 12.8 Å². The molecule has 0 amide bonds. The summed E-state index contributed by atoms with van der Waals surface area (Å²) in [6.45, 7) is -0.870. The van der Waals surface area contributed by atoms with Crippen molar-refractivity contribution < 1.29 is 40.2 Å². The summed E-state index contributed by atoms with van der Waals surface area (Å²) < 4.78 is 83.2. The fourth-order valence-corrected chi connectivity index (χ4v) is 3.17. The molecule has 0 spiro atoms. The lowest BCUT2D eigenvalue weighted by Gasteiger charge is -2.16. The molecule has 0 aromatic heterocycles. The summed E-state index contributed by atoms with van der Waals surface area (Å²) >= 11 is 0. The number of likely N-dealkylation sites (N-methyl/N-ethyl adjacent to an activating group) is 1. The first-order valence-electron chi connectivity index (χ1n) is 7.69. The molecule has 2 aromatic rings. The minimum Gasteiger partial charge on any atom is -0.460 e. The van der Waals surface area contributed by atoms with Crippen LogP contribution in [0.5, 0.6) is 5.75 Å². The summed E-state index contributed by atoms with van der Waals surface area (Å²) in [5.74, 6) is -1.90. The minimum atomic E-state index is -4.81. The van der Waals surface area contributed by atoms with Gasteiger partial charge in [-0.1, -0.05) is 12.1 Å². The van der Waals surface area contributed by atoms with Gasteiger partial charge in [0.2, 0.25) is 10.0 Å². The number of sulfonamides is 1. The van der Waals surface area contributed by atoms with Crippen LogP contribution in [-0.2, 0) is 26.2 Å². The van der Waals surface area contributed by atoms with Crippen molar-refractivity contribution in [3.63, 3.8) is 0 Å². The Morgan fingerprint density at radius 1 is 1.04 bits per heavy atom. The van der Waals surface area contributed by atoms with Crippen molar-refractivity contribution in [1.82, 2.24) is 4.31 Å². The maximum Gasteiger partial charge on any atom is 0.573 e. The molecule has 0 saturated carbocycles. The first-order chi connectivity index (χ1) is 13.0. The van der Waals surface area contributed by atoms with E-state index in [0.717, 1.165) is 47.8 Å². The number of alkyl halides is 3. The second kappa shape index (κ2) is 8.57. The summed E-state index contributed by atoms with van der Waals surface area (Å²) in [6, 6.07) is 8.74. The van der Waals surface area contributed by atoms with Crippen molar-refractivity contribution in [3.05, 3.63) is 59.9 Å². The molecule has 152 valence electrons. The smallest absolute Gasteiger partial charge is 0.460 e. The minimum absolute atomic E-state index is 0.190. The second-order valence-corrected chi connectivity index (χ2v) is 7.61. The molecular weight excluding hydrogens is 406 g/mol. The highest BCUT2D eigenvalue weighted by Crippen LogP contribution is 2.23. The SMILES string of the molecule is CN(CC(=O)OCc1ccc(OC(F)(F)F)cc1)S(=O)(=O)c1ccc(F)cc1. The quantitative estimate of drug-likeness (QED) is 0.508. The van der Waals surface area contributed by atoms with Crippen molar-refractivity contribution in [3.8, 4) is 5.75 Å². The van der Waals surface area contributed by atoms with Crippen molar-refractivity contribution >= 4 is 16.0 Å². The Hall–Kier alpha value is -2.66. The van der Waals surface area contributed by atoms with Gasteiger partial charge in [0.1, 0.15) is 24.7 Å². The van der Waals surface area contributed by atoms with Gasteiger partial charge in [-0.15, -0.1) is 13.2 Å². The Labute approximate surface area is 158 Å². The fraction of sp³-hybridized carbons (Fsp3) is 0.235. The number of carbonyl (C=O) groups excluding carboxylic acids is 1. The van der Waals surface area contributed by atoms with Crippen LogP contribution < -0.4 is 4.74 Å². The van der Waals surface area contributed by atoms with Crippen LogP contribution in [0.3, 0.4) is 0 Å². The summed E-state index contributed by atoms with van der Waals surface area (Å²) in [5.41, 5.74) is 0.381. The van der Waals surface area contributed by atoms with E-state index in [4.69, 9.17) is 4.74 Å².